The van der Waals surface area contributed by atoms with Crippen molar-refractivity contribution in [3.8, 4) is 0 Å². The lowest BCUT2D eigenvalue weighted by molar-refractivity contribution is -0.108. The van der Waals surface area contributed by atoms with E-state index in [1.165, 1.54) is 0 Å². The second-order valence-corrected chi connectivity index (χ2v) is 5.70. The van der Waals surface area contributed by atoms with Gasteiger partial charge in [-0.1, -0.05) is 30.3 Å². The van der Waals surface area contributed by atoms with Crippen LogP contribution in [0.15, 0.2) is 30.3 Å². The van der Waals surface area contributed by atoms with Crippen molar-refractivity contribution in [1.82, 2.24) is 4.90 Å². The Balaban J connectivity index is 2.68. The van der Waals surface area contributed by atoms with Crippen LogP contribution >= 0.6 is 0 Å². The molecule has 110 valence electrons. The van der Waals surface area contributed by atoms with Gasteiger partial charge in [-0.2, -0.15) is 0 Å². The summed E-state index contributed by atoms with van der Waals surface area (Å²) < 4.78 is 5.40. The SMILES string of the molecule is CC(C)(C)OC(=O)N(CCCC=O)Cc1ccccc1. The molecular formula is C16H23NO3. The van der Waals surface area contributed by atoms with Gasteiger partial charge in [-0.25, -0.2) is 4.79 Å². The van der Waals surface area contributed by atoms with Crippen LogP contribution in [0.1, 0.15) is 39.2 Å². The Morgan fingerprint density at radius 2 is 1.90 bits per heavy atom. The number of benzene rings is 1. The minimum atomic E-state index is -0.517. The Morgan fingerprint density at radius 1 is 1.25 bits per heavy atom. The summed E-state index contributed by atoms with van der Waals surface area (Å²) in [4.78, 5) is 24.2. The molecule has 0 aliphatic rings. The van der Waals surface area contributed by atoms with Gasteiger partial charge in [0.05, 0.1) is 0 Å². The Hall–Kier alpha value is -1.84. The standard InChI is InChI=1S/C16H23NO3/c1-16(2,3)20-15(19)17(11-7-8-12-18)13-14-9-5-4-6-10-14/h4-6,9-10,12H,7-8,11,13H2,1-3H3. The Morgan fingerprint density at radius 3 is 2.45 bits per heavy atom. The summed E-state index contributed by atoms with van der Waals surface area (Å²) >= 11 is 0. The molecule has 0 unspecified atom stereocenters. The molecule has 1 aromatic rings. The Labute approximate surface area is 120 Å². The van der Waals surface area contributed by atoms with Gasteiger partial charge in [-0.3, -0.25) is 0 Å². The van der Waals surface area contributed by atoms with Gasteiger partial charge in [0.2, 0.25) is 0 Å². The van der Waals surface area contributed by atoms with Crippen LogP contribution in [0.3, 0.4) is 0 Å². The van der Waals surface area contributed by atoms with Crippen molar-refractivity contribution in [1.29, 1.82) is 0 Å². The molecule has 0 aromatic heterocycles. The van der Waals surface area contributed by atoms with E-state index in [1.54, 1.807) is 4.90 Å². The summed E-state index contributed by atoms with van der Waals surface area (Å²) in [5.41, 5.74) is 0.529. The first-order chi connectivity index (χ1) is 9.42. The fourth-order valence-corrected chi connectivity index (χ4v) is 1.73. The molecule has 0 saturated heterocycles. The molecule has 0 saturated carbocycles. The number of aldehydes is 1. The summed E-state index contributed by atoms with van der Waals surface area (Å²) in [5.74, 6) is 0. The Kier molecular flexibility index (Phi) is 6.22. The van der Waals surface area contributed by atoms with E-state index < -0.39 is 5.60 Å². The summed E-state index contributed by atoms with van der Waals surface area (Å²) in [6, 6.07) is 9.75. The average Bonchev–Trinajstić information content (AvgIpc) is 2.37. The molecular weight excluding hydrogens is 254 g/mol. The monoisotopic (exact) mass is 277 g/mol. The van der Waals surface area contributed by atoms with Crippen molar-refractivity contribution < 1.29 is 14.3 Å². The number of ether oxygens (including phenoxy) is 1. The fraction of sp³-hybridized carbons (Fsp3) is 0.500. The van der Waals surface area contributed by atoms with Crippen LogP contribution in [0, 0.1) is 0 Å². The molecule has 1 rings (SSSR count). The van der Waals surface area contributed by atoms with E-state index in [2.05, 4.69) is 0 Å². The van der Waals surface area contributed by atoms with E-state index in [0.29, 0.717) is 25.9 Å². The number of hydrogen-bond acceptors (Lipinski definition) is 3. The quantitative estimate of drug-likeness (QED) is 0.591. The average molecular weight is 277 g/mol. The summed E-state index contributed by atoms with van der Waals surface area (Å²) in [6.45, 7) is 6.54. The van der Waals surface area contributed by atoms with Crippen LogP contribution in [0.2, 0.25) is 0 Å². The third kappa shape index (κ3) is 6.36. The van der Waals surface area contributed by atoms with Gasteiger partial charge in [0, 0.05) is 19.5 Å². The molecule has 0 fully saturated rings. The van der Waals surface area contributed by atoms with Gasteiger partial charge in [-0.05, 0) is 32.8 Å². The van der Waals surface area contributed by atoms with Gasteiger partial charge < -0.3 is 14.4 Å². The largest absolute Gasteiger partial charge is 0.444 e. The molecule has 20 heavy (non-hydrogen) atoms. The molecule has 0 radical (unpaired) electrons. The second-order valence-electron chi connectivity index (χ2n) is 5.70. The highest BCUT2D eigenvalue weighted by atomic mass is 16.6. The molecule has 1 aromatic carbocycles. The summed E-state index contributed by atoms with van der Waals surface area (Å²) in [7, 11) is 0. The molecule has 0 spiro atoms. The molecule has 1 amide bonds. The van der Waals surface area contributed by atoms with Crippen LogP contribution in [-0.4, -0.2) is 29.4 Å². The van der Waals surface area contributed by atoms with E-state index in [9.17, 15) is 9.59 Å². The van der Waals surface area contributed by atoms with Crippen molar-refractivity contribution >= 4 is 12.4 Å². The minimum Gasteiger partial charge on any atom is -0.444 e. The number of unbranched alkanes of at least 4 members (excludes halogenated alkanes) is 1. The predicted molar refractivity (Wildman–Crippen MR) is 78.4 cm³/mol. The molecule has 0 aliphatic heterocycles. The normalized spacial score (nSPS) is 10.9. The van der Waals surface area contributed by atoms with E-state index in [1.807, 2.05) is 51.1 Å². The van der Waals surface area contributed by atoms with Crippen molar-refractivity contribution in [2.24, 2.45) is 0 Å². The molecule has 0 aliphatic carbocycles. The smallest absolute Gasteiger partial charge is 0.410 e. The van der Waals surface area contributed by atoms with E-state index in [-0.39, 0.29) is 6.09 Å². The van der Waals surface area contributed by atoms with E-state index >= 15 is 0 Å². The van der Waals surface area contributed by atoms with Crippen molar-refractivity contribution in [2.75, 3.05) is 6.54 Å². The molecule has 0 bridgehead atoms. The number of carbonyl (C=O) groups is 2. The minimum absolute atomic E-state index is 0.341. The maximum Gasteiger partial charge on any atom is 0.410 e. The zero-order chi connectivity index (χ0) is 15.0. The van der Waals surface area contributed by atoms with Crippen LogP contribution in [-0.2, 0) is 16.1 Å². The molecule has 4 heteroatoms. The van der Waals surface area contributed by atoms with Gasteiger partial charge in [0.15, 0.2) is 0 Å². The first-order valence-corrected chi connectivity index (χ1v) is 6.88. The number of nitrogens with zero attached hydrogens (tertiary/aromatic N) is 1. The summed E-state index contributed by atoms with van der Waals surface area (Å²) in [5, 5.41) is 0. The van der Waals surface area contributed by atoms with Gasteiger partial charge >= 0.3 is 6.09 Å². The number of rotatable bonds is 6. The molecule has 0 N–H and O–H groups in total. The second kappa shape index (κ2) is 7.68. The highest BCUT2D eigenvalue weighted by Gasteiger charge is 2.21. The third-order valence-electron chi connectivity index (χ3n) is 2.62. The third-order valence-corrected chi connectivity index (χ3v) is 2.62. The predicted octanol–water partition coefficient (Wildman–Crippen LogP) is 3.40. The van der Waals surface area contributed by atoms with Gasteiger partial charge in [-0.15, -0.1) is 0 Å². The van der Waals surface area contributed by atoms with Gasteiger partial charge in [0.25, 0.3) is 0 Å². The molecule has 0 heterocycles. The lowest BCUT2D eigenvalue weighted by Gasteiger charge is -2.27. The van der Waals surface area contributed by atoms with Crippen LogP contribution in [0.5, 0.6) is 0 Å². The first-order valence-electron chi connectivity index (χ1n) is 6.88. The topological polar surface area (TPSA) is 46.6 Å². The van der Waals surface area contributed by atoms with Crippen molar-refractivity contribution in [3.63, 3.8) is 0 Å². The summed E-state index contributed by atoms with van der Waals surface area (Å²) in [6.07, 6.45) is 1.63. The zero-order valence-electron chi connectivity index (χ0n) is 12.5. The van der Waals surface area contributed by atoms with E-state index in [4.69, 9.17) is 4.74 Å². The highest BCUT2D eigenvalue weighted by Crippen LogP contribution is 2.13. The van der Waals surface area contributed by atoms with Crippen LogP contribution in [0.4, 0.5) is 4.79 Å². The van der Waals surface area contributed by atoms with Crippen molar-refractivity contribution in [3.05, 3.63) is 35.9 Å². The maximum absolute atomic E-state index is 12.2. The lowest BCUT2D eigenvalue weighted by Crippen LogP contribution is -2.37. The number of amides is 1. The van der Waals surface area contributed by atoms with Gasteiger partial charge in [0.1, 0.15) is 11.9 Å². The Bertz CT molecular complexity index is 423. The number of carbonyl (C=O) groups excluding carboxylic acids is 2. The van der Waals surface area contributed by atoms with Crippen LogP contribution < -0.4 is 0 Å². The molecule has 0 atom stereocenters. The zero-order valence-corrected chi connectivity index (χ0v) is 12.5. The van der Waals surface area contributed by atoms with E-state index in [0.717, 1.165) is 11.8 Å². The fourth-order valence-electron chi connectivity index (χ4n) is 1.73. The van der Waals surface area contributed by atoms with Crippen molar-refractivity contribution in [2.45, 2.75) is 45.8 Å². The maximum atomic E-state index is 12.2. The lowest BCUT2D eigenvalue weighted by atomic mass is 10.2. The van der Waals surface area contributed by atoms with Crippen LogP contribution in [0.25, 0.3) is 0 Å². The number of hydrogen-bond donors (Lipinski definition) is 0. The highest BCUT2D eigenvalue weighted by molar-refractivity contribution is 5.68. The molecule has 4 nitrogen and oxygen atoms in total. The first kappa shape index (κ1) is 16.2.